The first-order chi connectivity index (χ1) is 12.8. The topological polar surface area (TPSA) is 19.4 Å². The van der Waals surface area contributed by atoms with Crippen LogP contribution in [0.1, 0.15) is 44.1 Å². The summed E-state index contributed by atoms with van der Waals surface area (Å²) in [5.41, 5.74) is 1.96. The molecule has 4 heteroatoms. The molecule has 0 radical (unpaired) electrons. The van der Waals surface area contributed by atoms with Crippen molar-refractivity contribution < 1.29 is 4.39 Å². The van der Waals surface area contributed by atoms with Crippen molar-refractivity contribution in [1.82, 2.24) is 14.8 Å². The molecule has 2 aliphatic rings. The number of nitrogens with zero attached hydrogens (tertiary/aromatic N) is 3. The van der Waals surface area contributed by atoms with Gasteiger partial charge in [0.1, 0.15) is 5.82 Å². The first-order valence-electron chi connectivity index (χ1n) is 10.3. The van der Waals surface area contributed by atoms with E-state index in [1.54, 1.807) is 12.3 Å². The quantitative estimate of drug-likeness (QED) is 0.807. The molecule has 4 rings (SSSR count). The Kier molecular flexibility index (Phi) is 5.81. The third-order valence-corrected chi connectivity index (χ3v) is 6.12. The molecule has 0 unspecified atom stereocenters. The summed E-state index contributed by atoms with van der Waals surface area (Å²) in [5.74, 6) is 0.743. The van der Waals surface area contributed by atoms with Crippen molar-refractivity contribution in [1.29, 1.82) is 0 Å². The van der Waals surface area contributed by atoms with Crippen LogP contribution in [-0.2, 0) is 6.54 Å². The summed E-state index contributed by atoms with van der Waals surface area (Å²) in [6.07, 6.45) is 10.1. The molecule has 3 nitrogen and oxygen atoms in total. The molecule has 2 fully saturated rings. The van der Waals surface area contributed by atoms with Crippen LogP contribution >= 0.6 is 0 Å². The van der Waals surface area contributed by atoms with Crippen LogP contribution in [0.4, 0.5) is 4.39 Å². The van der Waals surface area contributed by atoms with Crippen LogP contribution in [0.5, 0.6) is 0 Å². The average molecular weight is 356 g/mol. The summed E-state index contributed by atoms with van der Waals surface area (Å²) in [5, 5.41) is 0.638. The molecule has 0 atom stereocenters. The maximum atomic E-state index is 14.0. The highest BCUT2D eigenvalue weighted by Crippen LogP contribution is 2.25. The average Bonchev–Trinajstić information content (AvgIpc) is 2.90. The minimum Gasteiger partial charge on any atom is -0.302 e. The molecule has 1 saturated heterocycles. The van der Waals surface area contributed by atoms with Crippen molar-refractivity contribution in [2.75, 3.05) is 32.7 Å². The van der Waals surface area contributed by atoms with Gasteiger partial charge in [-0.1, -0.05) is 25.3 Å². The second kappa shape index (κ2) is 8.45. The van der Waals surface area contributed by atoms with E-state index in [0.29, 0.717) is 5.39 Å². The van der Waals surface area contributed by atoms with Gasteiger partial charge in [-0.25, -0.2) is 4.39 Å². The minimum absolute atomic E-state index is 0.175. The van der Waals surface area contributed by atoms with Gasteiger partial charge in [0.15, 0.2) is 0 Å². The minimum atomic E-state index is -0.175. The predicted molar refractivity (Wildman–Crippen MR) is 105 cm³/mol. The number of aromatic nitrogens is 1. The second-order valence-corrected chi connectivity index (χ2v) is 8.04. The van der Waals surface area contributed by atoms with Crippen molar-refractivity contribution >= 4 is 10.9 Å². The van der Waals surface area contributed by atoms with Gasteiger partial charge in [-0.05, 0) is 62.0 Å². The molecule has 1 aromatic heterocycles. The summed E-state index contributed by atoms with van der Waals surface area (Å²) in [6, 6.07) is 7.14. The van der Waals surface area contributed by atoms with E-state index in [0.717, 1.165) is 43.2 Å². The molecule has 1 aromatic carbocycles. The van der Waals surface area contributed by atoms with E-state index in [1.165, 1.54) is 51.6 Å². The Labute approximate surface area is 156 Å². The SMILES string of the molecule is Fc1ccc(CN2CCCN(CC3CCCCC3)CC2)c2ncccc12. The molecule has 1 saturated carbocycles. The Hall–Kier alpha value is -1.52. The molecule has 1 aliphatic heterocycles. The van der Waals surface area contributed by atoms with E-state index in [4.69, 9.17) is 0 Å². The molecule has 0 spiro atoms. The fourth-order valence-corrected chi connectivity index (χ4v) is 4.66. The van der Waals surface area contributed by atoms with Crippen molar-refractivity contribution in [2.24, 2.45) is 5.92 Å². The van der Waals surface area contributed by atoms with Crippen LogP contribution in [0.3, 0.4) is 0 Å². The van der Waals surface area contributed by atoms with Crippen LogP contribution in [-0.4, -0.2) is 47.5 Å². The van der Waals surface area contributed by atoms with Crippen molar-refractivity contribution in [3.05, 3.63) is 41.8 Å². The Morgan fingerprint density at radius 3 is 2.62 bits per heavy atom. The molecule has 140 valence electrons. The highest BCUT2D eigenvalue weighted by atomic mass is 19.1. The number of benzene rings is 1. The number of pyridine rings is 1. The number of fused-ring (bicyclic) bond motifs is 1. The molecular formula is C22H30FN3. The van der Waals surface area contributed by atoms with E-state index in [9.17, 15) is 4.39 Å². The van der Waals surface area contributed by atoms with E-state index in [1.807, 2.05) is 18.2 Å². The Bertz CT molecular complexity index is 726. The van der Waals surface area contributed by atoms with Crippen molar-refractivity contribution in [2.45, 2.75) is 45.1 Å². The number of hydrogen-bond acceptors (Lipinski definition) is 3. The Morgan fingerprint density at radius 1 is 0.923 bits per heavy atom. The summed E-state index contributed by atoms with van der Waals surface area (Å²) < 4.78 is 14.0. The Balaban J connectivity index is 1.38. The molecule has 0 bridgehead atoms. The zero-order chi connectivity index (χ0) is 17.8. The Morgan fingerprint density at radius 2 is 1.73 bits per heavy atom. The molecule has 1 aliphatic carbocycles. The number of halogens is 1. The van der Waals surface area contributed by atoms with Crippen LogP contribution in [0, 0.1) is 11.7 Å². The molecule has 0 N–H and O–H groups in total. The largest absolute Gasteiger partial charge is 0.302 e. The fraction of sp³-hybridized carbons (Fsp3) is 0.591. The summed E-state index contributed by atoms with van der Waals surface area (Å²) in [7, 11) is 0. The van der Waals surface area contributed by atoms with Gasteiger partial charge in [0.05, 0.1) is 5.52 Å². The van der Waals surface area contributed by atoms with Gasteiger partial charge in [-0.15, -0.1) is 0 Å². The van der Waals surface area contributed by atoms with Crippen molar-refractivity contribution in [3.8, 4) is 0 Å². The van der Waals surface area contributed by atoms with E-state index in [2.05, 4.69) is 14.8 Å². The first-order valence-corrected chi connectivity index (χ1v) is 10.3. The second-order valence-electron chi connectivity index (χ2n) is 8.04. The maximum absolute atomic E-state index is 14.0. The first kappa shape index (κ1) is 17.9. The van der Waals surface area contributed by atoms with Gasteiger partial charge in [-0.2, -0.15) is 0 Å². The number of rotatable bonds is 4. The molecule has 26 heavy (non-hydrogen) atoms. The van der Waals surface area contributed by atoms with Gasteiger partial charge in [0, 0.05) is 37.8 Å². The third kappa shape index (κ3) is 4.24. The highest BCUT2D eigenvalue weighted by Gasteiger charge is 2.20. The van der Waals surface area contributed by atoms with Crippen molar-refractivity contribution in [3.63, 3.8) is 0 Å². The maximum Gasteiger partial charge on any atom is 0.132 e. The third-order valence-electron chi connectivity index (χ3n) is 6.12. The van der Waals surface area contributed by atoms with Gasteiger partial charge in [0.25, 0.3) is 0 Å². The predicted octanol–water partition coefficient (Wildman–Crippen LogP) is 4.46. The summed E-state index contributed by atoms with van der Waals surface area (Å²) in [4.78, 5) is 9.64. The van der Waals surface area contributed by atoms with E-state index >= 15 is 0 Å². The van der Waals surface area contributed by atoms with Gasteiger partial charge in [-0.3, -0.25) is 9.88 Å². The lowest BCUT2D eigenvalue weighted by atomic mass is 9.89. The zero-order valence-electron chi connectivity index (χ0n) is 15.7. The molecule has 0 amide bonds. The summed E-state index contributed by atoms with van der Waals surface area (Å²) >= 11 is 0. The van der Waals surface area contributed by atoms with Crippen LogP contribution < -0.4 is 0 Å². The fourth-order valence-electron chi connectivity index (χ4n) is 4.66. The highest BCUT2D eigenvalue weighted by molar-refractivity contribution is 5.82. The van der Waals surface area contributed by atoms with Gasteiger partial charge in [0.2, 0.25) is 0 Å². The monoisotopic (exact) mass is 355 g/mol. The number of hydrogen-bond donors (Lipinski definition) is 0. The van der Waals surface area contributed by atoms with Crippen LogP contribution in [0.15, 0.2) is 30.5 Å². The standard InChI is InChI=1S/C22H30FN3/c23-21-10-9-19(22-20(21)8-4-11-24-22)17-26-13-5-12-25(14-15-26)16-18-6-2-1-3-7-18/h4,8-11,18H,1-3,5-7,12-17H2. The zero-order valence-corrected chi connectivity index (χ0v) is 15.7. The summed E-state index contributed by atoms with van der Waals surface area (Å²) in [6.45, 7) is 6.74. The molecule has 2 aromatic rings. The van der Waals surface area contributed by atoms with E-state index < -0.39 is 0 Å². The lowest BCUT2D eigenvalue weighted by Gasteiger charge is -2.29. The van der Waals surface area contributed by atoms with E-state index in [-0.39, 0.29) is 5.82 Å². The van der Waals surface area contributed by atoms with Crippen LogP contribution in [0.2, 0.25) is 0 Å². The normalized spacial score (nSPS) is 21.1. The smallest absolute Gasteiger partial charge is 0.132 e. The molecular weight excluding hydrogens is 325 g/mol. The van der Waals surface area contributed by atoms with Gasteiger partial charge < -0.3 is 4.90 Å². The van der Waals surface area contributed by atoms with Crippen LogP contribution in [0.25, 0.3) is 10.9 Å². The van der Waals surface area contributed by atoms with Gasteiger partial charge >= 0.3 is 0 Å². The lowest BCUT2D eigenvalue weighted by Crippen LogP contribution is -2.34. The molecule has 2 heterocycles. The lowest BCUT2D eigenvalue weighted by molar-refractivity contribution is 0.200.